The van der Waals surface area contributed by atoms with Crippen LogP contribution in [-0.4, -0.2) is 46.3 Å². The highest BCUT2D eigenvalue weighted by atomic mass is 16.5. The normalized spacial score (nSPS) is 39.7. The van der Waals surface area contributed by atoms with E-state index < -0.39 is 13.4 Å². The van der Waals surface area contributed by atoms with Crippen molar-refractivity contribution in [2.45, 2.75) is 85.1 Å². The Morgan fingerprint density at radius 3 is 2.31 bits per heavy atom. The van der Waals surface area contributed by atoms with Crippen LogP contribution in [0, 0.1) is 39.4 Å². The van der Waals surface area contributed by atoms with Crippen LogP contribution in [0.2, 0.25) is 0 Å². The molecule has 0 heterocycles. The predicted molar refractivity (Wildman–Crippen MR) is 123 cm³/mol. The van der Waals surface area contributed by atoms with Crippen LogP contribution in [-0.2, 0) is 9.59 Å². The highest BCUT2D eigenvalue weighted by Crippen LogP contribution is 2.67. The van der Waals surface area contributed by atoms with E-state index in [1.54, 1.807) is 0 Å². The molecule has 3 saturated carbocycles. The number of allylic oxidation sites excluding steroid dienone is 1. The van der Waals surface area contributed by atoms with Gasteiger partial charge in [-0.1, -0.05) is 44.9 Å². The summed E-state index contributed by atoms with van der Waals surface area (Å²) in [5.74, 6) is 0.936. The van der Waals surface area contributed by atoms with Gasteiger partial charge in [0.1, 0.15) is 13.4 Å². The van der Waals surface area contributed by atoms with Gasteiger partial charge in [0, 0.05) is 12.3 Å². The molecular weight excluding hydrogens is 410 g/mol. The molecule has 3 fully saturated rings. The molecule has 0 radical (unpaired) electrons. The topological polar surface area (TPSA) is 124 Å². The zero-order valence-corrected chi connectivity index (χ0v) is 20.0. The van der Waals surface area contributed by atoms with Gasteiger partial charge in [0.05, 0.1) is 6.04 Å². The highest BCUT2D eigenvalue weighted by Gasteiger charge is 2.63. The minimum atomic E-state index is -0.750. The van der Waals surface area contributed by atoms with Gasteiger partial charge in [-0.2, -0.15) is 4.91 Å². The summed E-state index contributed by atoms with van der Waals surface area (Å²) in [7, 11) is 0. The molecule has 0 aliphatic heterocycles. The SMILES string of the molecule is CC12CCC(=O)C=C1CCC1C2C(N=O)CC2(C)C(C(=O)CO)CCC12.CCC.OCO. The van der Waals surface area contributed by atoms with Gasteiger partial charge in [0.2, 0.25) is 0 Å². The van der Waals surface area contributed by atoms with Crippen LogP contribution >= 0.6 is 0 Å². The summed E-state index contributed by atoms with van der Waals surface area (Å²) in [5.41, 5.74) is 0.866. The minimum Gasteiger partial charge on any atom is -0.389 e. The number of rotatable bonds is 3. The molecule has 7 atom stereocenters. The molecule has 3 N–H and O–H groups in total. The van der Waals surface area contributed by atoms with E-state index in [0.717, 1.165) is 32.1 Å². The van der Waals surface area contributed by atoms with E-state index >= 15 is 0 Å². The first kappa shape index (κ1) is 26.8. The van der Waals surface area contributed by atoms with Crippen LogP contribution < -0.4 is 0 Å². The van der Waals surface area contributed by atoms with Gasteiger partial charge in [-0.3, -0.25) is 9.59 Å². The molecule has 0 spiro atoms. The number of Topliss-reactive ketones (excluding diaryl/α,β-unsaturated/α-hetero) is 1. The number of carbonyl (C=O) groups excluding carboxylic acids is 2. The molecule has 7 heteroatoms. The van der Waals surface area contributed by atoms with Crippen LogP contribution in [0.15, 0.2) is 16.8 Å². The number of aliphatic hydroxyl groups excluding tert-OH is 2. The molecule has 0 aromatic carbocycles. The van der Waals surface area contributed by atoms with Crippen molar-refractivity contribution in [1.82, 2.24) is 0 Å². The molecule has 0 aromatic rings. The molecule has 0 saturated heterocycles. The van der Waals surface area contributed by atoms with Crippen molar-refractivity contribution in [1.29, 1.82) is 0 Å². The maximum Gasteiger partial charge on any atom is 0.161 e. The lowest BCUT2D eigenvalue weighted by Crippen LogP contribution is -2.56. The van der Waals surface area contributed by atoms with Crippen molar-refractivity contribution in [2.75, 3.05) is 13.4 Å². The van der Waals surface area contributed by atoms with E-state index in [0.29, 0.717) is 24.7 Å². The fraction of sp³-hybridized carbons (Fsp3) is 0.840. The molecule has 4 rings (SSSR count). The van der Waals surface area contributed by atoms with Crippen molar-refractivity contribution in [3.8, 4) is 0 Å². The molecule has 0 bridgehead atoms. The van der Waals surface area contributed by atoms with Gasteiger partial charge < -0.3 is 15.3 Å². The molecule has 4 aliphatic rings. The second-order valence-corrected chi connectivity index (χ2v) is 10.4. The van der Waals surface area contributed by atoms with Crippen molar-refractivity contribution >= 4 is 11.6 Å². The van der Waals surface area contributed by atoms with E-state index in [4.69, 9.17) is 10.2 Å². The van der Waals surface area contributed by atoms with Gasteiger partial charge in [-0.15, -0.1) is 0 Å². The van der Waals surface area contributed by atoms with Crippen molar-refractivity contribution < 1.29 is 24.9 Å². The van der Waals surface area contributed by atoms with E-state index in [-0.39, 0.29) is 40.3 Å². The fourth-order valence-electron chi connectivity index (χ4n) is 7.43. The third-order valence-corrected chi connectivity index (χ3v) is 8.57. The number of aliphatic hydroxyl groups is 3. The van der Waals surface area contributed by atoms with Crippen molar-refractivity contribution in [3.05, 3.63) is 16.6 Å². The van der Waals surface area contributed by atoms with Crippen LogP contribution in [0.5, 0.6) is 0 Å². The molecule has 4 aliphatic carbocycles. The third-order valence-electron chi connectivity index (χ3n) is 8.57. The number of fused-ring (bicyclic) bond motifs is 5. The summed E-state index contributed by atoms with van der Waals surface area (Å²) in [6, 6.07) is -0.310. The number of nitroso groups, excluding NO2 is 1. The van der Waals surface area contributed by atoms with E-state index in [2.05, 4.69) is 32.9 Å². The van der Waals surface area contributed by atoms with Gasteiger partial charge >= 0.3 is 0 Å². The summed E-state index contributed by atoms with van der Waals surface area (Å²) in [5, 5.41) is 27.2. The lowest BCUT2D eigenvalue weighted by atomic mass is 9.45. The molecule has 7 nitrogen and oxygen atoms in total. The number of hydrogen-bond acceptors (Lipinski definition) is 7. The first-order valence-corrected chi connectivity index (χ1v) is 12.1. The molecule has 7 unspecified atom stereocenters. The van der Waals surface area contributed by atoms with E-state index in [1.807, 2.05) is 6.08 Å². The lowest BCUT2D eigenvalue weighted by Gasteiger charge is -2.59. The number of nitrogens with zero attached hydrogens (tertiary/aromatic N) is 1. The Kier molecular flexibility index (Phi) is 9.32. The summed E-state index contributed by atoms with van der Waals surface area (Å²) < 4.78 is 0. The van der Waals surface area contributed by atoms with Gasteiger partial charge in [-0.05, 0) is 73.2 Å². The molecule has 182 valence electrons. The summed E-state index contributed by atoms with van der Waals surface area (Å²) >= 11 is 0. The highest BCUT2D eigenvalue weighted by molar-refractivity contribution is 5.91. The zero-order chi connectivity index (χ0) is 24.1. The van der Waals surface area contributed by atoms with Gasteiger partial charge in [-0.25, -0.2) is 0 Å². The van der Waals surface area contributed by atoms with Crippen LogP contribution in [0.1, 0.15) is 79.1 Å². The lowest BCUT2D eigenvalue weighted by molar-refractivity contribution is -0.134. The number of carbonyl (C=O) groups is 2. The maximum atomic E-state index is 12.4. The Labute approximate surface area is 191 Å². The fourth-order valence-corrected chi connectivity index (χ4v) is 7.43. The first-order valence-electron chi connectivity index (χ1n) is 12.1. The Morgan fingerprint density at radius 2 is 1.75 bits per heavy atom. The smallest absolute Gasteiger partial charge is 0.161 e. The maximum absolute atomic E-state index is 12.4. The average Bonchev–Trinajstić information content (AvgIpc) is 3.11. The second kappa shape index (κ2) is 11.1. The molecular formula is C25H41NO6. The number of hydrogen-bond donors (Lipinski definition) is 3. The predicted octanol–water partition coefficient (Wildman–Crippen LogP) is 3.79. The Hall–Kier alpha value is -1.44. The Morgan fingerprint density at radius 1 is 1.12 bits per heavy atom. The minimum absolute atomic E-state index is 0.0797. The Bertz CT molecular complexity index is 719. The van der Waals surface area contributed by atoms with Gasteiger partial charge in [0.25, 0.3) is 0 Å². The van der Waals surface area contributed by atoms with E-state index in [9.17, 15) is 19.6 Å². The largest absolute Gasteiger partial charge is 0.389 e. The first-order chi connectivity index (χ1) is 15.2. The zero-order valence-electron chi connectivity index (χ0n) is 20.0. The molecule has 0 aromatic heterocycles. The Balaban J connectivity index is 0.000000547. The van der Waals surface area contributed by atoms with E-state index in [1.165, 1.54) is 12.0 Å². The molecule has 0 amide bonds. The summed E-state index contributed by atoms with van der Waals surface area (Å²) in [6.07, 6.45) is 8.79. The van der Waals surface area contributed by atoms with Crippen molar-refractivity contribution in [3.63, 3.8) is 0 Å². The third kappa shape index (κ3) is 4.75. The number of ketones is 2. The second-order valence-electron chi connectivity index (χ2n) is 10.4. The van der Waals surface area contributed by atoms with Gasteiger partial charge in [0.15, 0.2) is 11.6 Å². The van der Waals surface area contributed by atoms with Crippen molar-refractivity contribution in [2.24, 2.45) is 39.7 Å². The molecule has 32 heavy (non-hydrogen) atoms. The summed E-state index contributed by atoms with van der Waals surface area (Å²) in [4.78, 5) is 36.2. The average molecular weight is 452 g/mol. The quantitative estimate of drug-likeness (QED) is 0.443. The van der Waals surface area contributed by atoms with Crippen LogP contribution in [0.25, 0.3) is 0 Å². The van der Waals surface area contributed by atoms with Crippen LogP contribution in [0.4, 0.5) is 0 Å². The monoisotopic (exact) mass is 451 g/mol. The summed E-state index contributed by atoms with van der Waals surface area (Å²) in [6.45, 7) is 7.47. The standard InChI is InChI=1S/C21H29NO4.C3H8.CH4O2/c1-20-8-7-13(24)9-12(20)3-4-14-15-5-6-16(18(25)11-23)21(15,2)10-17(22-26)19(14)20;1-3-2;2-1-3/h9,14-17,19,23H,3-8,10-11H2,1-2H3;3H2,1-2H3;2-3H,1H2. The van der Waals surface area contributed by atoms with Crippen LogP contribution in [0.3, 0.4) is 0 Å².